The van der Waals surface area contributed by atoms with Crippen LogP contribution in [-0.4, -0.2) is 39.5 Å². The zero-order chi connectivity index (χ0) is 24.8. The van der Waals surface area contributed by atoms with Gasteiger partial charge in [0.15, 0.2) is 11.5 Å². The molecule has 7 nitrogen and oxygen atoms in total. The van der Waals surface area contributed by atoms with Crippen LogP contribution in [0.2, 0.25) is 0 Å². The largest absolute Gasteiger partial charge is 0.493 e. The Labute approximate surface area is 191 Å². The topological polar surface area (TPSA) is 84.9 Å². The van der Waals surface area contributed by atoms with Crippen LogP contribution >= 0.6 is 0 Å². The number of methoxy groups -OCH3 is 1. The molecule has 0 saturated carbocycles. The number of carbonyl (C=O) groups excluding carboxylic acids is 1. The second-order valence-corrected chi connectivity index (χ2v) is 9.20. The highest BCUT2D eigenvalue weighted by molar-refractivity contribution is 7.87. The van der Waals surface area contributed by atoms with Crippen LogP contribution in [0.25, 0.3) is 0 Å². The Morgan fingerprint density at radius 3 is 2.39 bits per heavy atom. The van der Waals surface area contributed by atoms with Gasteiger partial charge in [0.25, 0.3) is 0 Å². The highest BCUT2D eigenvalue weighted by Crippen LogP contribution is 2.34. The first-order chi connectivity index (χ1) is 15.4. The summed E-state index contributed by atoms with van der Waals surface area (Å²) in [5.74, 6) is 0.0541. The summed E-state index contributed by atoms with van der Waals surface area (Å²) in [6.07, 6.45) is -4.71. The van der Waals surface area contributed by atoms with Crippen LogP contribution < -0.4 is 14.2 Å². The van der Waals surface area contributed by atoms with Crippen molar-refractivity contribution in [3.8, 4) is 11.5 Å². The van der Waals surface area contributed by atoms with Gasteiger partial charge in [-0.2, -0.15) is 21.6 Å². The summed E-state index contributed by atoms with van der Waals surface area (Å²) in [5.41, 5.74) is -0.559. The second kappa shape index (κ2) is 10.8. The molecule has 11 heteroatoms. The molecule has 0 fully saturated rings. The lowest BCUT2D eigenvalue weighted by molar-refractivity contribution is -0.137. The summed E-state index contributed by atoms with van der Waals surface area (Å²) in [6, 6.07) is 7.50. The third-order valence-corrected chi connectivity index (χ3v) is 5.68. The van der Waals surface area contributed by atoms with Gasteiger partial charge in [-0.25, -0.2) is 4.79 Å². The van der Waals surface area contributed by atoms with E-state index in [9.17, 15) is 26.4 Å². The van der Waals surface area contributed by atoms with Crippen molar-refractivity contribution in [3.05, 3.63) is 53.6 Å². The Kier molecular flexibility index (Phi) is 8.59. The number of amides is 2. The van der Waals surface area contributed by atoms with Gasteiger partial charge in [0.2, 0.25) is 0 Å². The van der Waals surface area contributed by atoms with Crippen LogP contribution in [0.3, 0.4) is 0 Å². The zero-order valence-electron chi connectivity index (χ0n) is 18.8. The number of alkyl halides is 3. The molecule has 0 aliphatic carbocycles. The van der Waals surface area contributed by atoms with E-state index in [0.29, 0.717) is 24.7 Å². The van der Waals surface area contributed by atoms with E-state index >= 15 is 0 Å². The molecule has 2 rings (SSSR count). The average Bonchev–Trinajstić information content (AvgIpc) is 2.72. The van der Waals surface area contributed by atoms with Crippen LogP contribution in [0.15, 0.2) is 47.4 Å². The molecule has 0 heterocycles. The van der Waals surface area contributed by atoms with E-state index < -0.39 is 26.8 Å². The summed E-state index contributed by atoms with van der Waals surface area (Å²) >= 11 is 0. The average molecular weight is 489 g/mol. The smallest absolute Gasteiger partial charge is 0.416 e. The SMILES string of the molecule is CCNC(=O)N(Cc1ccc(OC)c(OS(=O)(=O)c2cccc(C(F)(F)F)c2)c1)CC(C)C. The van der Waals surface area contributed by atoms with Crippen molar-refractivity contribution < 1.29 is 35.3 Å². The Hall–Kier alpha value is -2.95. The fourth-order valence-corrected chi connectivity index (χ4v) is 4.00. The van der Waals surface area contributed by atoms with Crippen LogP contribution in [-0.2, 0) is 22.8 Å². The van der Waals surface area contributed by atoms with E-state index in [-0.39, 0.29) is 30.0 Å². The standard InChI is InChI=1S/C22H27F3N2O5S/c1-5-26-21(28)27(13-15(2)3)14-16-9-10-19(31-4)20(11-16)32-33(29,30)18-8-6-7-17(12-18)22(23,24)25/h6-12,15H,5,13-14H2,1-4H3,(H,26,28). The second-order valence-electron chi connectivity index (χ2n) is 7.66. The van der Waals surface area contributed by atoms with Crippen molar-refractivity contribution in [2.45, 2.75) is 38.4 Å². The molecule has 0 unspecified atom stereocenters. The molecule has 2 aromatic rings. The molecule has 0 aliphatic heterocycles. The molecule has 0 radical (unpaired) electrons. The number of rotatable bonds is 9. The molecular weight excluding hydrogens is 461 g/mol. The third-order valence-electron chi connectivity index (χ3n) is 4.45. The number of halogens is 3. The normalized spacial score (nSPS) is 11.9. The molecule has 2 amide bonds. The van der Waals surface area contributed by atoms with Gasteiger partial charge in [0.05, 0.1) is 12.7 Å². The van der Waals surface area contributed by atoms with E-state index in [1.54, 1.807) is 17.9 Å². The highest BCUT2D eigenvalue weighted by Gasteiger charge is 2.32. The molecule has 0 aliphatic rings. The van der Waals surface area contributed by atoms with Crippen LogP contribution in [0, 0.1) is 5.92 Å². The molecule has 0 bridgehead atoms. The maximum Gasteiger partial charge on any atom is 0.416 e. The first-order valence-electron chi connectivity index (χ1n) is 10.2. The maximum atomic E-state index is 13.0. The minimum atomic E-state index is -4.71. The first-order valence-corrected chi connectivity index (χ1v) is 11.6. The van der Waals surface area contributed by atoms with Crippen molar-refractivity contribution >= 4 is 16.1 Å². The van der Waals surface area contributed by atoms with Crippen molar-refractivity contribution in [1.82, 2.24) is 10.2 Å². The number of hydrogen-bond donors (Lipinski definition) is 1. The summed E-state index contributed by atoms with van der Waals surface area (Å²) < 4.78 is 74.7. The lowest BCUT2D eigenvalue weighted by atomic mass is 10.1. The van der Waals surface area contributed by atoms with E-state index in [4.69, 9.17) is 8.92 Å². The molecular formula is C22H27F3N2O5S. The number of nitrogens with one attached hydrogen (secondary N) is 1. The van der Waals surface area contributed by atoms with Gasteiger partial charge in [-0.1, -0.05) is 26.0 Å². The van der Waals surface area contributed by atoms with E-state index in [1.807, 2.05) is 13.8 Å². The summed E-state index contributed by atoms with van der Waals surface area (Å²) in [5, 5.41) is 2.73. The molecule has 0 aromatic heterocycles. The van der Waals surface area contributed by atoms with Gasteiger partial charge in [-0.3, -0.25) is 0 Å². The number of ether oxygens (including phenoxy) is 1. The Morgan fingerprint density at radius 1 is 1.12 bits per heavy atom. The summed E-state index contributed by atoms with van der Waals surface area (Å²) in [6.45, 7) is 6.76. The lowest BCUT2D eigenvalue weighted by Crippen LogP contribution is -2.41. The minimum Gasteiger partial charge on any atom is -0.493 e. The van der Waals surface area contributed by atoms with E-state index in [1.165, 1.54) is 19.2 Å². The van der Waals surface area contributed by atoms with E-state index in [2.05, 4.69) is 5.32 Å². The van der Waals surface area contributed by atoms with Gasteiger partial charge >= 0.3 is 22.3 Å². The summed E-state index contributed by atoms with van der Waals surface area (Å²) in [4.78, 5) is 13.3. The summed E-state index contributed by atoms with van der Waals surface area (Å²) in [7, 11) is -3.29. The first kappa shape index (κ1) is 26.3. The van der Waals surface area contributed by atoms with Gasteiger partial charge in [0.1, 0.15) is 4.90 Å². The van der Waals surface area contributed by atoms with Crippen LogP contribution in [0.5, 0.6) is 11.5 Å². The Morgan fingerprint density at radius 2 is 1.82 bits per heavy atom. The molecule has 2 aromatic carbocycles. The van der Waals surface area contributed by atoms with Gasteiger partial charge in [-0.15, -0.1) is 0 Å². The van der Waals surface area contributed by atoms with Crippen LogP contribution in [0.4, 0.5) is 18.0 Å². The third kappa shape index (κ3) is 7.28. The Balaban J connectivity index is 2.37. The molecule has 33 heavy (non-hydrogen) atoms. The molecule has 0 atom stereocenters. The lowest BCUT2D eigenvalue weighted by Gasteiger charge is -2.25. The highest BCUT2D eigenvalue weighted by atomic mass is 32.2. The number of urea groups is 1. The van der Waals surface area contributed by atoms with Gasteiger partial charge in [0, 0.05) is 19.6 Å². The predicted octanol–water partition coefficient (Wildman–Crippen LogP) is 4.67. The number of hydrogen-bond acceptors (Lipinski definition) is 5. The van der Waals surface area contributed by atoms with Crippen molar-refractivity contribution in [3.63, 3.8) is 0 Å². The van der Waals surface area contributed by atoms with Crippen molar-refractivity contribution in [2.75, 3.05) is 20.2 Å². The Bertz CT molecular complexity index is 1070. The zero-order valence-corrected chi connectivity index (χ0v) is 19.6. The van der Waals surface area contributed by atoms with Gasteiger partial charge in [-0.05, 0) is 48.7 Å². The van der Waals surface area contributed by atoms with Crippen molar-refractivity contribution in [2.24, 2.45) is 5.92 Å². The predicted molar refractivity (Wildman–Crippen MR) is 117 cm³/mol. The van der Waals surface area contributed by atoms with Crippen molar-refractivity contribution in [1.29, 1.82) is 0 Å². The maximum absolute atomic E-state index is 13.0. The molecule has 182 valence electrons. The van der Waals surface area contributed by atoms with E-state index in [0.717, 1.165) is 18.2 Å². The number of benzene rings is 2. The molecule has 1 N–H and O–H groups in total. The monoisotopic (exact) mass is 488 g/mol. The fourth-order valence-electron chi connectivity index (χ4n) is 3.02. The molecule has 0 spiro atoms. The quantitative estimate of drug-likeness (QED) is 0.519. The number of nitrogens with zero attached hydrogens (tertiary/aromatic N) is 1. The molecule has 0 saturated heterocycles. The minimum absolute atomic E-state index is 0.0720. The fraction of sp³-hybridized carbons (Fsp3) is 0.409. The van der Waals surface area contributed by atoms with Crippen LogP contribution in [0.1, 0.15) is 31.9 Å². The number of carbonyl (C=O) groups is 1. The van der Waals surface area contributed by atoms with Gasteiger partial charge < -0.3 is 19.1 Å².